The van der Waals surface area contributed by atoms with Gasteiger partial charge in [-0.3, -0.25) is 9.59 Å². The molecule has 0 saturated heterocycles. The summed E-state index contributed by atoms with van der Waals surface area (Å²) in [4.78, 5) is 23.1. The van der Waals surface area contributed by atoms with Gasteiger partial charge in [-0.05, 0) is 24.7 Å². The third-order valence-corrected chi connectivity index (χ3v) is 5.03. The molecule has 0 aromatic rings. The van der Waals surface area contributed by atoms with Crippen molar-refractivity contribution in [2.45, 2.75) is 19.3 Å². The van der Waals surface area contributed by atoms with Gasteiger partial charge in [0.2, 0.25) is 11.8 Å². The van der Waals surface area contributed by atoms with Gasteiger partial charge in [0, 0.05) is 25.9 Å². The highest BCUT2D eigenvalue weighted by atomic mass is 16.6. The van der Waals surface area contributed by atoms with Gasteiger partial charge >= 0.3 is 0 Å². The molecule has 2 aliphatic rings. The summed E-state index contributed by atoms with van der Waals surface area (Å²) in [5.74, 6) is 1.33. The number of hydrogen-bond donors (Lipinski definition) is 2. The van der Waals surface area contributed by atoms with Crippen LogP contribution in [0.5, 0.6) is 0 Å². The van der Waals surface area contributed by atoms with Crippen molar-refractivity contribution >= 4 is 11.8 Å². The number of fused-ring (bicyclic) bond motifs is 2. The number of allylic oxidation sites excluding steroid dienone is 2. The SMILES string of the molecule is CNC(=O)CCOCCOCCOCCOCCNC(=O)C1CC2C=CC1C2. The van der Waals surface area contributed by atoms with Gasteiger partial charge < -0.3 is 29.6 Å². The Morgan fingerprint density at radius 3 is 2.00 bits per heavy atom. The lowest BCUT2D eigenvalue weighted by Crippen LogP contribution is -2.35. The molecule has 2 rings (SSSR count). The lowest BCUT2D eigenvalue weighted by molar-refractivity contribution is -0.126. The average Bonchev–Trinajstić information content (AvgIpc) is 3.34. The maximum Gasteiger partial charge on any atom is 0.223 e. The fraction of sp³-hybridized carbons (Fsp3) is 0.800. The van der Waals surface area contributed by atoms with Crippen LogP contribution in [0.3, 0.4) is 0 Å². The normalized spacial score (nSPS) is 22.5. The first-order valence-corrected chi connectivity index (χ1v) is 10.2. The Bertz CT molecular complexity index is 499. The Labute approximate surface area is 167 Å². The molecular formula is C20H34N2O6. The highest BCUT2D eigenvalue weighted by Gasteiger charge is 2.39. The van der Waals surface area contributed by atoms with Crippen LogP contribution in [0, 0.1) is 17.8 Å². The largest absolute Gasteiger partial charge is 0.379 e. The molecule has 8 heteroatoms. The van der Waals surface area contributed by atoms with Crippen molar-refractivity contribution < 1.29 is 28.5 Å². The van der Waals surface area contributed by atoms with E-state index in [0.29, 0.717) is 77.7 Å². The maximum atomic E-state index is 12.1. The minimum atomic E-state index is -0.0306. The van der Waals surface area contributed by atoms with E-state index in [1.54, 1.807) is 7.05 Å². The topological polar surface area (TPSA) is 95.1 Å². The second-order valence-electron chi connectivity index (χ2n) is 7.05. The van der Waals surface area contributed by atoms with E-state index in [4.69, 9.17) is 18.9 Å². The average molecular weight is 399 g/mol. The predicted molar refractivity (Wildman–Crippen MR) is 104 cm³/mol. The molecular weight excluding hydrogens is 364 g/mol. The second kappa shape index (κ2) is 13.7. The molecule has 0 heterocycles. The Kier molecular flexibility index (Phi) is 11.1. The summed E-state index contributed by atoms with van der Waals surface area (Å²) in [5.41, 5.74) is 0. The summed E-state index contributed by atoms with van der Waals surface area (Å²) < 4.78 is 21.5. The molecule has 0 radical (unpaired) electrons. The molecule has 0 aromatic heterocycles. The summed E-state index contributed by atoms with van der Waals surface area (Å²) in [7, 11) is 1.60. The second-order valence-corrected chi connectivity index (χ2v) is 7.05. The van der Waals surface area contributed by atoms with E-state index in [1.807, 2.05) is 0 Å². The lowest BCUT2D eigenvalue weighted by atomic mass is 9.93. The van der Waals surface area contributed by atoms with Crippen LogP contribution in [-0.4, -0.2) is 78.3 Å². The monoisotopic (exact) mass is 398 g/mol. The number of ether oxygens (including phenoxy) is 4. The van der Waals surface area contributed by atoms with Gasteiger partial charge in [0.25, 0.3) is 0 Å². The molecule has 2 amide bonds. The van der Waals surface area contributed by atoms with Crippen molar-refractivity contribution in [3.05, 3.63) is 12.2 Å². The number of carbonyl (C=O) groups is 2. The van der Waals surface area contributed by atoms with Crippen molar-refractivity contribution in [2.75, 3.05) is 66.4 Å². The predicted octanol–water partition coefficient (Wildman–Crippen LogP) is 0.517. The lowest BCUT2D eigenvalue weighted by Gasteiger charge is -2.17. The molecule has 0 aliphatic heterocycles. The summed E-state index contributed by atoms with van der Waals surface area (Å²) in [5, 5.41) is 5.50. The zero-order valence-electron chi connectivity index (χ0n) is 16.8. The highest BCUT2D eigenvalue weighted by Crippen LogP contribution is 2.43. The van der Waals surface area contributed by atoms with Crippen molar-refractivity contribution in [3.8, 4) is 0 Å². The van der Waals surface area contributed by atoms with Gasteiger partial charge in [-0.15, -0.1) is 0 Å². The standard InChI is InChI=1S/C20H34N2O6/c1-21-19(23)4-6-25-8-10-27-12-13-28-11-9-26-7-5-22-20(24)18-15-16-2-3-17(18)14-16/h2-3,16-18H,4-15H2,1H3,(H,21,23)(H,22,24). The smallest absolute Gasteiger partial charge is 0.223 e. The first kappa shape index (κ1) is 22.8. The van der Waals surface area contributed by atoms with Crippen molar-refractivity contribution in [1.29, 1.82) is 0 Å². The summed E-state index contributed by atoms with van der Waals surface area (Å²) in [6.45, 7) is 4.36. The molecule has 160 valence electrons. The van der Waals surface area contributed by atoms with Gasteiger partial charge in [0.15, 0.2) is 0 Å². The Morgan fingerprint density at radius 1 is 0.857 bits per heavy atom. The quantitative estimate of drug-likeness (QED) is 0.291. The number of amides is 2. The van der Waals surface area contributed by atoms with E-state index in [-0.39, 0.29) is 17.7 Å². The molecule has 3 unspecified atom stereocenters. The van der Waals surface area contributed by atoms with Crippen LogP contribution in [-0.2, 0) is 28.5 Å². The molecule has 0 spiro atoms. The molecule has 28 heavy (non-hydrogen) atoms. The Balaban J connectivity index is 1.27. The van der Waals surface area contributed by atoms with Crippen LogP contribution < -0.4 is 10.6 Å². The zero-order chi connectivity index (χ0) is 20.0. The molecule has 2 N–H and O–H groups in total. The summed E-state index contributed by atoms with van der Waals surface area (Å²) in [6, 6.07) is 0. The molecule has 1 fully saturated rings. The van der Waals surface area contributed by atoms with Gasteiger partial charge in [-0.1, -0.05) is 12.2 Å². The molecule has 1 saturated carbocycles. The van der Waals surface area contributed by atoms with E-state index in [0.717, 1.165) is 12.8 Å². The molecule has 3 atom stereocenters. The van der Waals surface area contributed by atoms with E-state index in [2.05, 4.69) is 22.8 Å². The molecule has 2 bridgehead atoms. The minimum absolute atomic E-state index is 0.0306. The van der Waals surface area contributed by atoms with Gasteiger partial charge in [0.1, 0.15) is 0 Å². The van der Waals surface area contributed by atoms with E-state index in [9.17, 15) is 9.59 Å². The summed E-state index contributed by atoms with van der Waals surface area (Å²) in [6.07, 6.45) is 6.93. The Morgan fingerprint density at radius 2 is 1.46 bits per heavy atom. The first-order chi connectivity index (χ1) is 13.7. The fourth-order valence-electron chi connectivity index (χ4n) is 3.51. The first-order valence-electron chi connectivity index (χ1n) is 10.2. The van der Waals surface area contributed by atoms with E-state index >= 15 is 0 Å². The van der Waals surface area contributed by atoms with Crippen LogP contribution in [0.25, 0.3) is 0 Å². The molecule has 8 nitrogen and oxygen atoms in total. The van der Waals surface area contributed by atoms with E-state index in [1.165, 1.54) is 0 Å². The van der Waals surface area contributed by atoms with Crippen molar-refractivity contribution in [2.24, 2.45) is 17.8 Å². The minimum Gasteiger partial charge on any atom is -0.379 e. The third-order valence-electron chi connectivity index (χ3n) is 5.03. The third kappa shape index (κ3) is 8.68. The number of nitrogens with one attached hydrogen (secondary N) is 2. The van der Waals surface area contributed by atoms with Crippen LogP contribution in [0.4, 0.5) is 0 Å². The highest BCUT2D eigenvalue weighted by molar-refractivity contribution is 5.80. The van der Waals surface area contributed by atoms with Gasteiger partial charge in [-0.25, -0.2) is 0 Å². The number of hydrogen-bond acceptors (Lipinski definition) is 6. The zero-order valence-corrected chi connectivity index (χ0v) is 16.8. The van der Waals surface area contributed by atoms with Crippen molar-refractivity contribution in [3.63, 3.8) is 0 Å². The molecule has 2 aliphatic carbocycles. The maximum absolute atomic E-state index is 12.1. The van der Waals surface area contributed by atoms with E-state index < -0.39 is 0 Å². The summed E-state index contributed by atoms with van der Waals surface area (Å²) >= 11 is 0. The van der Waals surface area contributed by atoms with Crippen LogP contribution >= 0.6 is 0 Å². The van der Waals surface area contributed by atoms with Crippen molar-refractivity contribution in [1.82, 2.24) is 10.6 Å². The van der Waals surface area contributed by atoms with Gasteiger partial charge in [0.05, 0.1) is 52.9 Å². The number of carbonyl (C=O) groups excluding carboxylic acids is 2. The van der Waals surface area contributed by atoms with Crippen LogP contribution in [0.2, 0.25) is 0 Å². The van der Waals surface area contributed by atoms with Gasteiger partial charge in [-0.2, -0.15) is 0 Å². The van der Waals surface area contributed by atoms with Crippen LogP contribution in [0.15, 0.2) is 12.2 Å². The molecule has 0 aromatic carbocycles. The Hall–Kier alpha value is -1.48. The number of rotatable bonds is 16. The van der Waals surface area contributed by atoms with Crippen LogP contribution in [0.1, 0.15) is 19.3 Å². The fourth-order valence-corrected chi connectivity index (χ4v) is 3.51.